The van der Waals surface area contributed by atoms with E-state index in [4.69, 9.17) is 23.7 Å². The molecule has 0 heterocycles. The van der Waals surface area contributed by atoms with E-state index >= 15 is 0 Å². The fraction of sp³-hybridized carbons (Fsp3) is 0.261. The van der Waals surface area contributed by atoms with Gasteiger partial charge in [0.25, 0.3) is 0 Å². The number of hydrogen-bond donors (Lipinski definition) is 1. The van der Waals surface area contributed by atoms with Gasteiger partial charge < -0.3 is 28.8 Å². The van der Waals surface area contributed by atoms with Gasteiger partial charge in [0.05, 0.1) is 20.1 Å². The van der Waals surface area contributed by atoms with Gasteiger partial charge in [-0.25, -0.2) is 14.4 Å². The fourth-order valence-corrected chi connectivity index (χ4v) is 7.63. The first-order valence-corrected chi connectivity index (χ1v) is 18.7. The number of rotatable bonds is 12. The van der Waals surface area contributed by atoms with E-state index in [1.165, 1.54) is 13.2 Å². The van der Waals surface area contributed by atoms with Gasteiger partial charge in [0.2, 0.25) is 0 Å². The molecule has 11 heteroatoms. The first-order chi connectivity index (χ1) is 27.4. The molecule has 0 fully saturated rings. The van der Waals surface area contributed by atoms with E-state index in [0.717, 1.165) is 49.4 Å². The number of esters is 1. The Morgan fingerprint density at radius 3 is 1.61 bits per heavy atom. The maximum absolute atomic E-state index is 14.2. The molecule has 0 saturated carbocycles. The summed E-state index contributed by atoms with van der Waals surface area (Å²) in [6, 6.07) is 34.4. The first-order valence-electron chi connectivity index (χ1n) is 18.7. The maximum atomic E-state index is 14.2. The first kappa shape index (κ1) is 38.6. The van der Waals surface area contributed by atoms with E-state index < -0.39 is 48.8 Å². The Hall–Kier alpha value is -6.62. The van der Waals surface area contributed by atoms with E-state index in [1.54, 1.807) is 32.9 Å². The van der Waals surface area contributed by atoms with Gasteiger partial charge in [-0.1, -0.05) is 97.1 Å². The predicted molar refractivity (Wildman–Crippen MR) is 211 cm³/mol. The molecule has 0 bridgehead atoms. The molecule has 57 heavy (non-hydrogen) atoms. The lowest BCUT2D eigenvalue weighted by atomic mass is 9.98. The van der Waals surface area contributed by atoms with E-state index in [1.807, 2.05) is 97.1 Å². The molecular weight excluding hydrogens is 727 g/mol. The van der Waals surface area contributed by atoms with Gasteiger partial charge in [0.1, 0.15) is 36.4 Å². The number of carboxylic acids is 1. The summed E-state index contributed by atoms with van der Waals surface area (Å²) in [7, 11) is 1.44. The normalized spacial score (nSPS) is 13.3. The van der Waals surface area contributed by atoms with Crippen molar-refractivity contribution in [1.82, 2.24) is 4.90 Å². The molecule has 5 aromatic carbocycles. The molecule has 2 aliphatic carbocycles. The van der Waals surface area contributed by atoms with Gasteiger partial charge in [-0.15, -0.1) is 0 Å². The molecule has 0 saturated heterocycles. The van der Waals surface area contributed by atoms with Crippen molar-refractivity contribution in [2.45, 2.75) is 57.2 Å². The van der Waals surface area contributed by atoms with Crippen LogP contribution in [0.5, 0.6) is 11.5 Å². The molecule has 7 rings (SSSR count). The Bertz CT molecular complexity index is 2240. The molecule has 0 aromatic heterocycles. The highest BCUT2D eigenvalue weighted by Crippen LogP contribution is 2.46. The van der Waals surface area contributed by atoms with Gasteiger partial charge in [-0.2, -0.15) is 0 Å². The third-order valence-electron chi connectivity index (χ3n) is 10.2. The number of aliphatic carboxylic acids is 1. The number of ether oxygens (including phenoxy) is 5. The van der Waals surface area contributed by atoms with Crippen molar-refractivity contribution in [3.05, 3.63) is 143 Å². The minimum absolute atomic E-state index is 0.00495. The average molecular weight is 770 g/mol. The van der Waals surface area contributed by atoms with Crippen molar-refractivity contribution in [3.63, 3.8) is 0 Å². The summed E-state index contributed by atoms with van der Waals surface area (Å²) in [4.78, 5) is 54.5. The molecule has 2 aliphatic rings. The number of methoxy groups -OCH3 is 1. The molecule has 11 nitrogen and oxygen atoms in total. The van der Waals surface area contributed by atoms with Crippen LogP contribution in [-0.2, 0) is 30.3 Å². The van der Waals surface area contributed by atoms with E-state index in [-0.39, 0.29) is 36.4 Å². The Morgan fingerprint density at radius 1 is 0.684 bits per heavy atom. The standard InChI is InChI=1S/C46H43NO10/c1-46(2,3)57-42(48)24-40(43(49)50)47(44(51)54-26-38-34-17-9-5-13-30(34)31-14-6-10-18-35(31)38)25-28-21-22-29(53-4)23-41(28)56-45(52)55-27-39-36-19-11-7-15-32(36)33-16-8-12-20-37(33)39/h5-23,38-40H,24-27H2,1-4H3,(H,49,50). The van der Waals surface area contributed by atoms with Gasteiger partial charge in [-0.05, 0) is 77.4 Å². The van der Waals surface area contributed by atoms with Crippen LogP contribution in [0.15, 0.2) is 115 Å². The van der Waals surface area contributed by atoms with Crippen molar-refractivity contribution in [1.29, 1.82) is 0 Å². The van der Waals surface area contributed by atoms with E-state index in [0.29, 0.717) is 5.75 Å². The fourth-order valence-electron chi connectivity index (χ4n) is 7.63. The van der Waals surface area contributed by atoms with Crippen LogP contribution in [0.3, 0.4) is 0 Å². The Labute approximate surface area is 330 Å². The Morgan fingerprint density at radius 2 is 1.16 bits per heavy atom. The minimum Gasteiger partial charge on any atom is -0.497 e. The largest absolute Gasteiger partial charge is 0.513 e. The number of carbonyl (C=O) groups excluding carboxylic acids is 3. The highest BCUT2D eigenvalue weighted by atomic mass is 16.7. The summed E-state index contributed by atoms with van der Waals surface area (Å²) in [6.07, 6.45) is -2.67. The third-order valence-corrected chi connectivity index (χ3v) is 10.2. The van der Waals surface area contributed by atoms with Crippen molar-refractivity contribution in [2.24, 2.45) is 0 Å². The molecule has 1 N–H and O–H groups in total. The molecule has 5 aromatic rings. The van der Waals surface area contributed by atoms with Crippen molar-refractivity contribution >= 4 is 24.2 Å². The zero-order valence-corrected chi connectivity index (χ0v) is 32.1. The third kappa shape index (κ3) is 8.33. The minimum atomic E-state index is -1.71. The zero-order chi connectivity index (χ0) is 40.3. The number of hydrogen-bond acceptors (Lipinski definition) is 9. The maximum Gasteiger partial charge on any atom is 0.513 e. The molecule has 292 valence electrons. The smallest absolute Gasteiger partial charge is 0.497 e. The second-order valence-corrected chi connectivity index (χ2v) is 14.9. The quantitative estimate of drug-likeness (QED) is 0.0744. The van der Waals surface area contributed by atoms with E-state index in [9.17, 15) is 24.3 Å². The van der Waals surface area contributed by atoms with Crippen LogP contribution >= 0.6 is 0 Å². The summed E-state index contributed by atoms with van der Waals surface area (Å²) in [6.45, 7) is 4.45. The molecule has 1 atom stereocenters. The highest BCUT2D eigenvalue weighted by Gasteiger charge is 2.37. The number of carboxylic acid groups (broad SMARTS) is 1. The lowest BCUT2D eigenvalue weighted by Gasteiger charge is -2.30. The molecule has 0 aliphatic heterocycles. The number of benzene rings is 5. The monoisotopic (exact) mass is 769 g/mol. The van der Waals surface area contributed by atoms with Crippen LogP contribution in [0.2, 0.25) is 0 Å². The number of nitrogens with zero attached hydrogens (tertiary/aromatic N) is 1. The zero-order valence-electron chi connectivity index (χ0n) is 32.1. The Balaban J connectivity index is 1.14. The van der Waals surface area contributed by atoms with Gasteiger partial charge in [0, 0.05) is 23.5 Å². The summed E-state index contributed by atoms with van der Waals surface area (Å²) in [5, 5.41) is 10.5. The topological polar surface area (TPSA) is 138 Å². The van der Waals surface area contributed by atoms with Crippen LogP contribution in [0.4, 0.5) is 9.59 Å². The number of carbonyl (C=O) groups is 4. The van der Waals surface area contributed by atoms with Crippen LogP contribution in [-0.4, -0.2) is 66.2 Å². The van der Waals surface area contributed by atoms with E-state index in [2.05, 4.69) is 0 Å². The second-order valence-electron chi connectivity index (χ2n) is 14.9. The average Bonchev–Trinajstić information content (AvgIpc) is 3.69. The van der Waals surface area contributed by atoms with Crippen LogP contribution in [0.25, 0.3) is 22.3 Å². The Kier molecular flexibility index (Phi) is 11.0. The van der Waals surface area contributed by atoms with Crippen molar-refractivity contribution in [3.8, 4) is 33.8 Å². The molecule has 1 unspecified atom stereocenters. The summed E-state index contributed by atoms with van der Waals surface area (Å²) >= 11 is 0. The lowest BCUT2D eigenvalue weighted by Crippen LogP contribution is -2.47. The molecule has 1 amide bonds. The molecule has 0 spiro atoms. The summed E-state index contributed by atoms with van der Waals surface area (Å²) in [5.74, 6) is -2.52. The lowest BCUT2D eigenvalue weighted by molar-refractivity contribution is -0.160. The molecule has 0 radical (unpaired) electrons. The predicted octanol–water partition coefficient (Wildman–Crippen LogP) is 8.96. The second kappa shape index (κ2) is 16.2. The van der Waals surface area contributed by atoms with Crippen LogP contribution in [0, 0.1) is 0 Å². The van der Waals surface area contributed by atoms with Crippen molar-refractivity contribution in [2.75, 3.05) is 20.3 Å². The van der Waals surface area contributed by atoms with Gasteiger partial charge in [-0.3, -0.25) is 9.69 Å². The van der Waals surface area contributed by atoms with Crippen molar-refractivity contribution < 1.29 is 48.0 Å². The molecular formula is C46H43NO10. The highest BCUT2D eigenvalue weighted by molar-refractivity contribution is 5.86. The number of fused-ring (bicyclic) bond motifs is 6. The summed E-state index contributed by atoms with van der Waals surface area (Å²) in [5.41, 5.74) is 7.48. The van der Waals surface area contributed by atoms with Crippen LogP contribution < -0.4 is 9.47 Å². The summed E-state index contributed by atoms with van der Waals surface area (Å²) < 4.78 is 28.2. The number of amides is 1. The van der Waals surface area contributed by atoms with Gasteiger partial charge >= 0.3 is 24.2 Å². The van der Waals surface area contributed by atoms with Gasteiger partial charge in [0.15, 0.2) is 0 Å². The SMILES string of the molecule is COc1ccc(CN(C(=O)OCC2c3ccccc3-c3ccccc32)C(CC(=O)OC(C)(C)C)C(=O)O)c(OC(=O)OCC2c3ccccc3-c3ccccc32)c1. The van der Waals surface area contributed by atoms with Crippen LogP contribution in [0.1, 0.15) is 66.8 Å².